The summed E-state index contributed by atoms with van der Waals surface area (Å²) in [5.74, 6) is 0. The Hall–Kier alpha value is -0.640. The summed E-state index contributed by atoms with van der Waals surface area (Å²) < 4.78 is 22.2. The summed E-state index contributed by atoms with van der Waals surface area (Å²) in [6.45, 7) is 2.94. The van der Waals surface area contributed by atoms with Crippen molar-refractivity contribution in [3.8, 4) is 6.07 Å². The molecule has 64 valence electrons. The normalized spacial score (nSPS) is 13.1. The van der Waals surface area contributed by atoms with Crippen LogP contribution in [0.4, 0.5) is 0 Å². The third-order valence-corrected chi connectivity index (χ3v) is 2.66. The second-order valence-electron chi connectivity index (χ2n) is 2.68. The van der Waals surface area contributed by atoms with E-state index < -0.39 is 15.7 Å². The van der Waals surface area contributed by atoms with Gasteiger partial charge in [0, 0.05) is 7.05 Å². The van der Waals surface area contributed by atoms with Crippen LogP contribution in [0.3, 0.4) is 0 Å². The molecule has 0 heterocycles. The maximum Gasteiger partial charge on any atom is 0.278 e. The molecule has 0 aliphatic heterocycles. The summed E-state index contributed by atoms with van der Waals surface area (Å²) in [5.41, 5.74) is -1.09. The number of rotatable bonds is 2. The summed E-state index contributed by atoms with van der Waals surface area (Å²) in [4.78, 5) is 0. The third kappa shape index (κ3) is 2.46. The highest BCUT2D eigenvalue weighted by Gasteiger charge is 2.30. The Morgan fingerprint density at radius 2 is 1.91 bits per heavy atom. The zero-order valence-corrected chi connectivity index (χ0v) is 7.51. The van der Waals surface area contributed by atoms with E-state index in [9.17, 15) is 8.42 Å². The van der Waals surface area contributed by atoms with Gasteiger partial charge in [0.25, 0.3) is 10.2 Å². The van der Waals surface area contributed by atoms with Gasteiger partial charge in [-0.2, -0.15) is 18.0 Å². The Morgan fingerprint density at radius 1 is 1.55 bits per heavy atom. The van der Waals surface area contributed by atoms with E-state index in [0.717, 1.165) is 4.31 Å². The van der Waals surface area contributed by atoms with E-state index in [1.54, 1.807) is 0 Å². The predicted molar refractivity (Wildman–Crippen MR) is 40.6 cm³/mol. The third-order valence-electron chi connectivity index (χ3n) is 1.44. The molecule has 0 aromatic rings. The second kappa shape index (κ2) is 2.77. The van der Waals surface area contributed by atoms with Crippen molar-refractivity contribution in [2.45, 2.75) is 19.4 Å². The predicted octanol–water partition coefficient (Wildman–Crippen LogP) is -0.576. The molecule has 0 saturated heterocycles. The molecule has 2 N–H and O–H groups in total. The molecule has 6 heteroatoms. The summed E-state index contributed by atoms with van der Waals surface area (Å²) >= 11 is 0. The average molecular weight is 177 g/mol. The van der Waals surface area contributed by atoms with Gasteiger partial charge < -0.3 is 0 Å². The van der Waals surface area contributed by atoms with Gasteiger partial charge in [-0.05, 0) is 13.8 Å². The van der Waals surface area contributed by atoms with Gasteiger partial charge in [-0.1, -0.05) is 0 Å². The Balaban J connectivity index is 4.82. The SMILES string of the molecule is CN(C(C)(C)C#N)S(N)(=O)=O. The maximum absolute atomic E-state index is 10.7. The smallest absolute Gasteiger partial charge is 0.216 e. The zero-order chi connectivity index (χ0) is 9.28. The second-order valence-corrected chi connectivity index (χ2v) is 4.26. The summed E-state index contributed by atoms with van der Waals surface area (Å²) in [6, 6.07) is 1.81. The molecule has 0 rings (SSSR count). The highest BCUT2D eigenvalue weighted by molar-refractivity contribution is 7.86. The molecule has 0 saturated carbocycles. The molecule has 0 aliphatic carbocycles. The van der Waals surface area contributed by atoms with E-state index in [4.69, 9.17) is 10.4 Å². The van der Waals surface area contributed by atoms with Gasteiger partial charge in [0.05, 0.1) is 6.07 Å². The molecule has 0 amide bonds. The highest BCUT2D eigenvalue weighted by Crippen LogP contribution is 2.11. The van der Waals surface area contributed by atoms with E-state index in [1.165, 1.54) is 20.9 Å². The Labute approximate surface area is 66.6 Å². The molecule has 0 aromatic heterocycles. The van der Waals surface area contributed by atoms with Crippen molar-refractivity contribution in [2.75, 3.05) is 7.05 Å². The fraction of sp³-hybridized carbons (Fsp3) is 0.800. The lowest BCUT2D eigenvalue weighted by Crippen LogP contribution is -2.46. The van der Waals surface area contributed by atoms with E-state index >= 15 is 0 Å². The minimum Gasteiger partial charge on any atom is -0.216 e. The highest BCUT2D eigenvalue weighted by atomic mass is 32.2. The molecule has 0 atom stereocenters. The summed E-state index contributed by atoms with van der Waals surface area (Å²) in [5, 5.41) is 13.3. The number of hydrogen-bond donors (Lipinski definition) is 1. The first-order valence-corrected chi connectivity index (χ1v) is 4.40. The molecular weight excluding hydrogens is 166 g/mol. The van der Waals surface area contributed by atoms with Crippen molar-refractivity contribution in [1.82, 2.24) is 4.31 Å². The maximum atomic E-state index is 10.7. The van der Waals surface area contributed by atoms with Crippen LogP contribution < -0.4 is 5.14 Å². The lowest BCUT2D eigenvalue weighted by Gasteiger charge is -2.25. The fourth-order valence-electron chi connectivity index (χ4n) is 0.389. The number of nitriles is 1. The molecule has 5 nitrogen and oxygen atoms in total. The van der Waals surface area contributed by atoms with Crippen molar-refractivity contribution in [1.29, 1.82) is 5.26 Å². The van der Waals surface area contributed by atoms with Gasteiger partial charge >= 0.3 is 0 Å². The van der Waals surface area contributed by atoms with Crippen LogP contribution >= 0.6 is 0 Å². The molecule has 0 radical (unpaired) electrons. The van der Waals surface area contributed by atoms with Gasteiger partial charge in [-0.3, -0.25) is 0 Å². The minimum atomic E-state index is -3.76. The Bertz CT molecular complexity index is 275. The number of hydrogen-bond acceptors (Lipinski definition) is 3. The van der Waals surface area contributed by atoms with Crippen LogP contribution in [0.25, 0.3) is 0 Å². The summed E-state index contributed by atoms with van der Waals surface area (Å²) in [6.07, 6.45) is 0. The van der Waals surface area contributed by atoms with Crippen molar-refractivity contribution in [2.24, 2.45) is 5.14 Å². The van der Waals surface area contributed by atoms with Crippen LogP contribution in [0.1, 0.15) is 13.8 Å². The van der Waals surface area contributed by atoms with Crippen molar-refractivity contribution in [3.05, 3.63) is 0 Å². The van der Waals surface area contributed by atoms with Crippen LogP contribution in [0, 0.1) is 11.3 Å². The first kappa shape index (κ1) is 10.4. The largest absolute Gasteiger partial charge is 0.278 e. The molecule has 0 aliphatic rings. The van der Waals surface area contributed by atoms with E-state index in [0.29, 0.717) is 0 Å². The molecule has 11 heavy (non-hydrogen) atoms. The molecule has 0 aromatic carbocycles. The van der Waals surface area contributed by atoms with Crippen LogP contribution in [0.5, 0.6) is 0 Å². The van der Waals surface area contributed by atoms with Crippen molar-refractivity contribution in [3.63, 3.8) is 0 Å². The lowest BCUT2D eigenvalue weighted by molar-refractivity contribution is 0.337. The number of nitrogens with two attached hydrogens (primary N) is 1. The van der Waals surface area contributed by atoms with Gasteiger partial charge in [-0.25, -0.2) is 5.14 Å². The van der Waals surface area contributed by atoms with Gasteiger partial charge in [0.2, 0.25) is 0 Å². The van der Waals surface area contributed by atoms with Crippen LogP contribution in [-0.4, -0.2) is 25.3 Å². The van der Waals surface area contributed by atoms with Crippen LogP contribution in [0.2, 0.25) is 0 Å². The van der Waals surface area contributed by atoms with Crippen molar-refractivity contribution >= 4 is 10.2 Å². The molecule has 0 fully saturated rings. The first-order chi connectivity index (χ1) is 4.72. The van der Waals surface area contributed by atoms with E-state index in [1.807, 2.05) is 6.07 Å². The summed E-state index contributed by atoms with van der Waals surface area (Å²) in [7, 11) is -2.50. The minimum absolute atomic E-state index is 0.819. The molecule has 0 unspecified atom stereocenters. The van der Waals surface area contributed by atoms with Gasteiger partial charge in [0.15, 0.2) is 0 Å². The van der Waals surface area contributed by atoms with Gasteiger partial charge in [0.1, 0.15) is 5.54 Å². The van der Waals surface area contributed by atoms with Crippen molar-refractivity contribution < 1.29 is 8.42 Å². The van der Waals surface area contributed by atoms with E-state index in [2.05, 4.69) is 0 Å². The van der Waals surface area contributed by atoms with Gasteiger partial charge in [-0.15, -0.1) is 0 Å². The topological polar surface area (TPSA) is 87.2 Å². The van der Waals surface area contributed by atoms with Crippen LogP contribution in [0.15, 0.2) is 0 Å². The standard InChI is InChI=1S/C5H11N3O2S/c1-5(2,4-6)8(3)11(7,9)10/h1-3H3,(H2,7,9,10). The zero-order valence-electron chi connectivity index (χ0n) is 6.70. The molecular formula is C5H11N3O2S. The van der Waals surface area contributed by atoms with Crippen LogP contribution in [-0.2, 0) is 10.2 Å². The number of nitrogens with zero attached hydrogens (tertiary/aromatic N) is 2. The average Bonchev–Trinajstić information content (AvgIpc) is 1.84. The molecule has 0 bridgehead atoms. The van der Waals surface area contributed by atoms with E-state index in [-0.39, 0.29) is 0 Å². The molecule has 0 spiro atoms. The quantitative estimate of drug-likeness (QED) is 0.612. The first-order valence-electron chi connectivity index (χ1n) is 2.90. The Kier molecular flexibility index (Phi) is 2.61. The monoisotopic (exact) mass is 177 g/mol. The lowest BCUT2D eigenvalue weighted by atomic mass is 10.1. The fourth-order valence-corrected chi connectivity index (χ4v) is 1.07. The Morgan fingerprint density at radius 3 is 2.00 bits per heavy atom.